The predicted molar refractivity (Wildman–Crippen MR) is 76.4 cm³/mol. The van der Waals surface area contributed by atoms with Crippen molar-refractivity contribution >= 4 is 34.8 Å². The number of carboxylic acids is 1. The van der Waals surface area contributed by atoms with Crippen molar-refractivity contribution in [1.29, 1.82) is 0 Å². The van der Waals surface area contributed by atoms with Gasteiger partial charge in [0.05, 0.1) is 12.2 Å². The molecule has 5 nitrogen and oxygen atoms in total. The number of hydrogen-bond donors (Lipinski definition) is 2. The average Bonchev–Trinajstić information content (AvgIpc) is 2.78. The number of amides is 1. The van der Waals surface area contributed by atoms with Gasteiger partial charge in [0.2, 0.25) is 0 Å². The van der Waals surface area contributed by atoms with E-state index in [0.717, 1.165) is 11.3 Å². The second-order valence-electron chi connectivity index (χ2n) is 4.02. The van der Waals surface area contributed by atoms with Crippen LogP contribution in [0.25, 0.3) is 0 Å². The van der Waals surface area contributed by atoms with Crippen molar-refractivity contribution < 1.29 is 14.7 Å². The molecule has 2 N–H and O–H groups in total. The maximum Gasteiger partial charge on any atom is 0.347 e. The van der Waals surface area contributed by atoms with Gasteiger partial charge in [-0.3, -0.25) is 4.79 Å². The lowest BCUT2D eigenvalue weighted by Gasteiger charge is -2.02. The molecule has 7 heteroatoms. The Morgan fingerprint density at radius 2 is 2.00 bits per heavy atom. The third kappa shape index (κ3) is 3.34. The van der Waals surface area contributed by atoms with Gasteiger partial charge in [-0.15, -0.1) is 11.3 Å². The Morgan fingerprint density at radius 3 is 2.55 bits per heavy atom. The number of rotatable bonds is 4. The molecule has 0 saturated carbocycles. The normalized spacial score (nSPS) is 10.3. The largest absolute Gasteiger partial charge is 0.477 e. The molecule has 0 unspecified atom stereocenters. The van der Waals surface area contributed by atoms with Crippen molar-refractivity contribution in [3.8, 4) is 0 Å². The highest BCUT2D eigenvalue weighted by Gasteiger charge is 2.14. The van der Waals surface area contributed by atoms with Crippen LogP contribution in [0.5, 0.6) is 0 Å². The van der Waals surface area contributed by atoms with E-state index in [-0.39, 0.29) is 17.3 Å². The molecule has 20 heavy (non-hydrogen) atoms. The molecule has 0 saturated heterocycles. The van der Waals surface area contributed by atoms with Crippen LogP contribution in [0.15, 0.2) is 24.3 Å². The van der Waals surface area contributed by atoms with Crippen molar-refractivity contribution in [1.82, 2.24) is 10.3 Å². The van der Waals surface area contributed by atoms with E-state index in [4.69, 9.17) is 16.7 Å². The summed E-state index contributed by atoms with van der Waals surface area (Å²) in [6.45, 7) is 1.82. The number of aromatic carboxylic acids is 1. The zero-order chi connectivity index (χ0) is 14.7. The smallest absolute Gasteiger partial charge is 0.347 e. The molecule has 0 radical (unpaired) electrons. The van der Waals surface area contributed by atoms with Crippen LogP contribution in [0.1, 0.15) is 30.7 Å². The summed E-state index contributed by atoms with van der Waals surface area (Å²) < 4.78 is 0. The van der Waals surface area contributed by atoms with Gasteiger partial charge in [-0.1, -0.05) is 11.6 Å². The number of nitrogens with zero attached hydrogens (tertiary/aromatic N) is 1. The van der Waals surface area contributed by atoms with Crippen LogP contribution >= 0.6 is 22.9 Å². The number of thiazole rings is 1. The first-order valence-electron chi connectivity index (χ1n) is 5.70. The van der Waals surface area contributed by atoms with E-state index >= 15 is 0 Å². The lowest BCUT2D eigenvalue weighted by molar-refractivity contribution is 0.0701. The monoisotopic (exact) mass is 310 g/mol. The number of benzene rings is 1. The second-order valence-corrected chi connectivity index (χ2v) is 5.54. The number of carboxylic acid groups (broad SMARTS) is 1. The number of aromatic nitrogens is 1. The number of nitrogens with one attached hydrogen (secondary N) is 1. The SMILES string of the molecule is Cc1nc(CNC(=O)c2ccc(Cl)cc2)sc1C(=O)O. The molecule has 1 aromatic heterocycles. The molecule has 2 aromatic rings. The Hall–Kier alpha value is -1.92. The molecule has 0 aliphatic rings. The number of carbonyl (C=O) groups excluding carboxylic acids is 1. The molecular weight excluding hydrogens is 300 g/mol. The fourth-order valence-corrected chi connectivity index (χ4v) is 2.55. The highest BCUT2D eigenvalue weighted by Crippen LogP contribution is 2.18. The van der Waals surface area contributed by atoms with E-state index in [1.165, 1.54) is 0 Å². The van der Waals surface area contributed by atoms with Crippen molar-refractivity contribution in [3.05, 3.63) is 50.4 Å². The summed E-state index contributed by atoms with van der Waals surface area (Å²) in [7, 11) is 0. The topological polar surface area (TPSA) is 79.3 Å². The minimum absolute atomic E-state index is 0.195. The first kappa shape index (κ1) is 14.5. The summed E-state index contributed by atoms with van der Waals surface area (Å²) in [5, 5.41) is 12.7. The summed E-state index contributed by atoms with van der Waals surface area (Å²) in [5.41, 5.74) is 0.944. The Kier molecular flexibility index (Phi) is 4.36. The van der Waals surface area contributed by atoms with Gasteiger partial charge in [-0.05, 0) is 31.2 Å². The van der Waals surface area contributed by atoms with Gasteiger partial charge in [0.25, 0.3) is 5.91 Å². The first-order chi connectivity index (χ1) is 9.47. The average molecular weight is 311 g/mol. The summed E-state index contributed by atoms with van der Waals surface area (Å²) in [6, 6.07) is 6.50. The lowest BCUT2D eigenvalue weighted by Crippen LogP contribution is -2.22. The zero-order valence-electron chi connectivity index (χ0n) is 10.5. The van der Waals surface area contributed by atoms with Gasteiger partial charge < -0.3 is 10.4 Å². The van der Waals surface area contributed by atoms with Gasteiger partial charge >= 0.3 is 5.97 Å². The highest BCUT2D eigenvalue weighted by molar-refractivity contribution is 7.13. The third-order valence-corrected chi connectivity index (χ3v) is 3.94. The van der Waals surface area contributed by atoms with Crippen molar-refractivity contribution in [3.63, 3.8) is 0 Å². The third-order valence-electron chi connectivity index (χ3n) is 2.54. The molecule has 2 rings (SSSR count). The molecule has 1 heterocycles. The van der Waals surface area contributed by atoms with Crippen LogP contribution in [0.3, 0.4) is 0 Å². The van der Waals surface area contributed by atoms with Crippen LogP contribution < -0.4 is 5.32 Å². The van der Waals surface area contributed by atoms with Gasteiger partial charge in [0, 0.05) is 10.6 Å². The van der Waals surface area contributed by atoms with E-state index in [9.17, 15) is 9.59 Å². The van der Waals surface area contributed by atoms with E-state index in [1.54, 1.807) is 31.2 Å². The first-order valence-corrected chi connectivity index (χ1v) is 6.90. The van der Waals surface area contributed by atoms with Crippen molar-refractivity contribution in [2.75, 3.05) is 0 Å². The molecular formula is C13H11ClN2O3S. The Morgan fingerprint density at radius 1 is 1.35 bits per heavy atom. The molecule has 0 spiro atoms. The standard InChI is InChI=1S/C13H11ClN2O3S/c1-7-11(13(18)19)20-10(16-7)6-15-12(17)8-2-4-9(14)5-3-8/h2-5H,6H2,1H3,(H,15,17)(H,18,19). The van der Waals surface area contributed by atoms with Gasteiger partial charge in [0.15, 0.2) is 0 Å². The number of hydrogen-bond acceptors (Lipinski definition) is 4. The molecule has 1 amide bonds. The fourth-order valence-electron chi connectivity index (χ4n) is 1.59. The molecule has 0 aliphatic carbocycles. The second kappa shape index (κ2) is 6.02. The summed E-state index contributed by atoms with van der Waals surface area (Å²) >= 11 is 6.80. The van der Waals surface area contributed by atoms with Crippen LogP contribution in [-0.2, 0) is 6.54 Å². The number of carbonyl (C=O) groups is 2. The molecule has 0 fully saturated rings. The van der Waals surface area contributed by atoms with Crippen LogP contribution in [0.2, 0.25) is 5.02 Å². The Bertz CT molecular complexity index is 652. The maximum absolute atomic E-state index is 11.9. The lowest BCUT2D eigenvalue weighted by atomic mass is 10.2. The Labute approximate surface area is 124 Å². The van der Waals surface area contributed by atoms with Crippen LogP contribution in [0, 0.1) is 6.92 Å². The summed E-state index contributed by atoms with van der Waals surface area (Å²) in [5.74, 6) is -1.26. The molecule has 0 aliphatic heterocycles. The van der Waals surface area contributed by atoms with E-state index in [1.807, 2.05) is 0 Å². The van der Waals surface area contributed by atoms with Gasteiger partial charge in [-0.2, -0.15) is 0 Å². The summed E-state index contributed by atoms with van der Waals surface area (Å²) in [6.07, 6.45) is 0. The van der Waals surface area contributed by atoms with Crippen LogP contribution in [0.4, 0.5) is 0 Å². The quantitative estimate of drug-likeness (QED) is 0.910. The van der Waals surface area contributed by atoms with E-state index < -0.39 is 5.97 Å². The molecule has 0 atom stereocenters. The summed E-state index contributed by atoms with van der Waals surface area (Å²) in [4.78, 5) is 27.1. The van der Waals surface area contributed by atoms with Gasteiger partial charge in [-0.25, -0.2) is 9.78 Å². The maximum atomic E-state index is 11.9. The molecule has 1 aromatic carbocycles. The highest BCUT2D eigenvalue weighted by atomic mass is 35.5. The fraction of sp³-hybridized carbons (Fsp3) is 0.154. The van der Waals surface area contributed by atoms with Crippen molar-refractivity contribution in [2.45, 2.75) is 13.5 Å². The minimum atomic E-state index is -1.00. The van der Waals surface area contributed by atoms with Crippen LogP contribution in [-0.4, -0.2) is 22.0 Å². The van der Waals surface area contributed by atoms with Crippen molar-refractivity contribution in [2.24, 2.45) is 0 Å². The minimum Gasteiger partial charge on any atom is -0.477 e. The number of halogens is 1. The molecule has 104 valence electrons. The Balaban J connectivity index is 2.01. The number of aryl methyl sites for hydroxylation is 1. The molecule has 0 bridgehead atoms. The zero-order valence-corrected chi connectivity index (χ0v) is 12.1. The van der Waals surface area contributed by atoms with Gasteiger partial charge in [0.1, 0.15) is 9.88 Å². The van der Waals surface area contributed by atoms with E-state index in [0.29, 0.717) is 21.3 Å². The predicted octanol–water partition coefficient (Wildman–Crippen LogP) is 2.73. The van der Waals surface area contributed by atoms with E-state index in [2.05, 4.69) is 10.3 Å².